The third-order valence-electron chi connectivity index (χ3n) is 6.23. The molecule has 0 aliphatic carbocycles. The molecule has 3 aromatic carbocycles. The lowest BCUT2D eigenvalue weighted by Gasteiger charge is -2.20. The van der Waals surface area contributed by atoms with E-state index < -0.39 is 6.80 Å². The average molecular weight is 467 g/mol. The van der Waals surface area contributed by atoms with Crippen LogP contribution in [-0.2, 0) is 6.54 Å². The van der Waals surface area contributed by atoms with Gasteiger partial charge in [-0.05, 0) is 40.4 Å². The quantitative estimate of drug-likeness (QED) is 0.197. The molecule has 0 radical (unpaired) electrons. The molecular formula is C27H27BFN5O. The number of nitrogens with zero attached hydrogens (tertiary/aromatic N) is 4. The number of anilines is 1. The van der Waals surface area contributed by atoms with Gasteiger partial charge in [0.2, 0.25) is 0 Å². The maximum absolute atomic E-state index is 13.8. The Hall–Kier alpha value is -3.91. The van der Waals surface area contributed by atoms with Crippen molar-refractivity contribution in [3.8, 4) is 17.0 Å². The minimum absolute atomic E-state index is 0.180. The summed E-state index contributed by atoms with van der Waals surface area (Å²) >= 11 is 0. The van der Waals surface area contributed by atoms with E-state index in [1.54, 1.807) is 22.8 Å². The summed E-state index contributed by atoms with van der Waals surface area (Å²) in [4.78, 5) is 6.53. The van der Waals surface area contributed by atoms with E-state index in [0.29, 0.717) is 30.9 Å². The van der Waals surface area contributed by atoms with Gasteiger partial charge in [0.25, 0.3) is 0 Å². The summed E-state index contributed by atoms with van der Waals surface area (Å²) in [6.07, 6.45) is 2.53. The van der Waals surface area contributed by atoms with Crippen molar-refractivity contribution in [2.45, 2.75) is 13.0 Å². The monoisotopic (exact) mass is 467 g/mol. The second kappa shape index (κ2) is 10.2. The van der Waals surface area contributed by atoms with Crippen LogP contribution in [0.15, 0.2) is 79.0 Å². The molecule has 0 saturated heterocycles. The first-order valence-corrected chi connectivity index (χ1v) is 11.8. The molecule has 35 heavy (non-hydrogen) atoms. The molecular weight excluding hydrogens is 440 g/mol. The highest BCUT2D eigenvalue weighted by Crippen LogP contribution is 2.29. The van der Waals surface area contributed by atoms with Crippen LogP contribution in [0.4, 0.5) is 10.2 Å². The Balaban J connectivity index is 1.28. The first kappa shape index (κ1) is 22.9. The molecule has 0 saturated carbocycles. The van der Waals surface area contributed by atoms with Gasteiger partial charge in [0.1, 0.15) is 26.2 Å². The highest BCUT2D eigenvalue weighted by Gasteiger charge is 2.13. The maximum Gasteiger partial charge on any atom is 0.151 e. The number of para-hydroxylation sites is 1. The van der Waals surface area contributed by atoms with Crippen LogP contribution in [0.5, 0.6) is 5.75 Å². The second-order valence-corrected chi connectivity index (χ2v) is 8.70. The van der Waals surface area contributed by atoms with E-state index in [4.69, 9.17) is 4.98 Å². The maximum atomic E-state index is 13.8. The molecule has 0 fully saturated rings. The molecule has 0 bridgehead atoms. The molecule has 176 valence electrons. The molecule has 0 unspecified atom stereocenters. The van der Waals surface area contributed by atoms with Gasteiger partial charge in [-0.1, -0.05) is 54.6 Å². The molecule has 2 aromatic heterocycles. The van der Waals surface area contributed by atoms with Gasteiger partial charge in [-0.15, -0.1) is 0 Å². The Morgan fingerprint density at radius 3 is 2.69 bits per heavy atom. The van der Waals surface area contributed by atoms with Gasteiger partial charge in [-0.2, -0.15) is 9.61 Å². The van der Waals surface area contributed by atoms with Crippen LogP contribution in [0.2, 0.25) is 0 Å². The number of benzene rings is 3. The SMILES string of the molecule is Bc1cnn2c(NCCCN(CF)Cc3cccc4ccccc34)cc(-c3ccccc3O)nc12. The highest BCUT2D eigenvalue weighted by atomic mass is 19.1. The van der Waals surface area contributed by atoms with Crippen LogP contribution in [-0.4, -0.2) is 52.3 Å². The summed E-state index contributed by atoms with van der Waals surface area (Å²) in [5.41, 5.74) is 4.14. The molecule has 5 aromatic rings. The number of hydrogen-bond donors (Lipinski definition) is 2. The number of hydrogen-bond acceptors (Lipinski definition) is 5. The number of aromatic hydroxyl groups is 1. The van der Waals surface area contributed by atoms with Gasteiger partial charge in [0, 0.05) is 37.5 Å². The Kier molecular flexibility index (Phi) is 6.63. The summed E-state index contributed by atoms with van der Waals surface area (Å²) in [5.74, 6) is 0.960. The molecule has 0 aliphatic heterocycles. The molecule has 2 heterocycles. The third kappa shape index (κ3) is 4.83. The summed E-state index contributed by atoms with van der Waals surface area (Å²) in [6, 6.07) is 23.4. The zero-order chi connectivity index (χ0) is 24.2. The van der Waals surface area contributed by atoms with Crippen LogP contribution in [0.3, 0.4) is 0 Å². The highest BCUT2D eigenvalue weighted by molar-refractivity contribution is 6.36. The predicted molar refractivity (Wildman–Crippen MR) is 142 cm³/mol. The number of nitrogens with one attached hydrogen (secondary N) is 1. The van der Waals surface area contributed by atoms with Crippen LogP contribution >= 0.6 is 0 Å². The van der Waals surface area contributed by atoms with Crippen molar-refractivity contribution in [3.63, 3.8) is 0 Å². The van der Waals surface area contributed by atoms with Crippen LogP contribution < -0.4 is 10.8 Å². The zero-order valence-electron chi connectivity index (χ0n) is 19.7. The number of aromatic nitrogens is 3. The van der Waals surface area contributed by atoms with Crippen molar-refractivity contribution >= 4 is 35.5 Å². The van der Waals surface area contributed by atoms with Crippen molar-refractivity contribution in [2.75, 3.05) is 25.2 Å². The lowest BCUT2D eigenvalue weighted by molar-refractivity contribution is 0.177. The van der Waals surface area contributed by atoms with E-state index in [1.807, 2.05) is 49.1 Å². The van der Waals surface area contributed by atoms with E-state index in [0.717, 1.165) is 34.3 Å². The summed E-state index contributed by atoms with van der Waals surface area (Å²) < 4.78 is 15.6. The van der Waals surface area contributed by atoms with Crippen molar-refractivity contribution in [1.29, 1.82) is 0 Å². The Labute approximate surface area is 204 Å². The van der Waals surface area contributed by atoms with Crippen molar-refractivity contribution in [2.24, 2.45) is 0 Å². The standard InChI is InChI=1S/C27H27BFN5O/c28-23-16-31-34-26(15-24(32-27(23)34)22-11-3-4-12-25(22)35)30-13-6-14-33(18-29)17-20-9-5-8-19-7-1-2-10-21(19)20/h1-5,7-12,15-16,30,35H,6,13-14,17-18,28H2. The topological polar surface area (TPSA) is 65.7 Å². The zero-order valence-corrected chi connectivity index (χ0v) is 19.7. The molecule has 2 N–H and O–H groups in total. The summed E-state index contributed by atoms with van der Waals surface area (Å²) in [6.45, 7) is 1.32. The summed E-state index contributed by atoms with van der Waals surface area (Å²) in [7, 11) is 1.96. The summed E-state index contributed by atoms with van der Waals surface area (Å²) in [5, 5.41) is 20.5. The lowest BCUT2D eigenvalue weighted by Crippen LogP contribution is -2.25. The lowest BCUT2D eigenvalue weighted by atomic mass is 10.0. The van der Waals surface area contributed by atoms with Crippen LogP contribution in [0.25, 0.3) is 27.7 Å². The molecule has 0 amide bonds. The number of phenols is 1. The van der Waals surface area contributed by atoms with Crippen molar-refractivity contribution in [3.05, 3.63) is 84.6 Å². The van der Waals surface area contributed by atoms with Gasteiger partial charge in [-0.25, -0.2) is 9.37 Å². The van der Waals surface area contributed by atoms with Gasteiger partial charge in [-0.3, -0.25) is 4.90 Å². The number of phenolic OH excluding ortho intramolecular Hbond substituents is 1. The van der Waals surface area contributed by atoms with Crippen molar-refractivity contribution < 1.29 is 9.50 Å². The molecule has 0 atom stereocenters. The second-order valence-electron chi connectivity index (χ2n) is 8.70. The van der Waals surface area contributed by atoms with E-state index >= 15 is 0 Å². The van der Waals surface area contributed by atoms with Gasteiger partial charge in [0.15, 0.2) is 5.65 Å². The Bertz CT molecular complexity index is 1470. The number of fused-ring (bicyclic) bond motifs is 2. The van der Waals surface area contributed by atoms with E-state index in [1.165, 1.54) is 5.39 Å². The smallest absolute Gasteiger partial charge is 0.151 e. The Morgan fingerprint density at radius 1 is 1.03 bits per heavy atom. The van der Waals surface area contributed by atoms with Gasteiger partial charge >= 0.3 is 0 Å². The van der Waals surface area contributed by atoms with Gasteiger partial charge < -0.3 is 10.4 Å². The minimum atomic E-state index is -0.501. The molecule has 6 nitrogen and oxygen atoms in total. The van der Waals surface area contributed by atoms with Crippen molar-refractivity contribution in [1.82, 2.24) is 19.5 Å². The Morgan fingerprint density at radius 2 is 1.83 bits per heavy atom. The third-order valence-corrected chi connectivity index (χ3v) is 6.23. The molecule has 0 aliphatic rings. The minimum Gasteiger partial charge on any atom is -0.507 e. The molecule has 0 spiro atoms. The normalized spacial score (nSPS) is 11.5. The number of rotatable bonds is 9. The molecule has 5 rings (SSSR count). The largest absolute Gasteiger partial charge is 0.507 e. The number of halogens is 1. The predicted octanol–water partition coefficient (Wildman–Crippen LogP) is 3.74. The fraction of sp³-hybridized carbons (Fsp3) is 0.185. The van der Waals surface area contributed by atoms with Crippen LogP contribution in [0, 0.1) is 0 Å². The van der Waals surface area contributed by atoms with E-state index in [2.05, 4.69) is 34.7 Å². The molecule has 8 heteroatoms. The fourth-order valence-corrected chi connectivity index (χ4v) is 4.40. The van der Waals surface area contributed by atoms with Gasteiger partial charge in [0.05, 0.1) is 5.69 Å². The first-order chi connectivity index (χ1) is 17.1. The average Bonchev–Trinajstić information content (AvgIpc) is 3.26. The van der Waals surface area contributed by atoms with E-state index in [-0.39, 0.29) is 5.75 Å². The first-order valence-electron chi connectivity index (χ1n) is 11.8. The van der Waals surface area contributed by atoms with Crippen LogP contribution in [0.1, 0.15) is 12.0 Å². The van der Waals surface area contributed by atoms with E-state index in [9.17, 15) is 9.50 Å². The fourth-order valence-electron chi connectivity index (χ4n) is 4.40. The number of alkyl halides is 1.